The summed E-state index contributed by atoms with van der Waals surface area (Å²) in [5.41, 5.74) is 23.3. The molecule has 188 valence electrons. The van der Waals surface area contributed by atoms with Crippen molar-refractivity contribution in [1.29, 1.82) is 0 Å². The van der Waals surface area contributed by atoms with Gasteiger partial charge in [-0.15, -0.1) is 0 Å². The van der Waals surface area contributed by atoms with E-state index in [1.807, 2.05) is 44.3 Å². The standard InChI is InChI=1S/C17H23N3O3.C5H10N2O4/c1-10(2)7-13(18)16(21)23-17(22)14(19)8-11-9-20-15-6-4-3-5-12(11)15;6-1-4(8)11-2-3(7)5(9)10/h3-6,9-10,13-14,20H,7-8,18-19H2,1-2H3;3H,1-2,6-7H2,(H,9,10)/t13-,14-;3-/m00/s1. The van der Waals surface area contributed by atoms with Crippen LogP contribution in [0.5, 0.6) is 0 Å². The Bertz CT molecular complexity index is 975. The fourth-order valence-electron chi connectivity index (χ4n) is 2.79. The number of nitrogens with two attached hydrogens (primary N) is 4. The van der Waals surface area contributed by atoms with E-state index in [4.69, 9.17) is 32.8 Å². The normalized spacial score (nSPS) is 13.4. The van der Waals surface area contributed by atoms with Crippen LogP contribution >= 0.6 is 0 Å². The van der Waals surface area contributed by atoms with Gasteiger partial charge in [0, 0.05) is 23.5 Å². The Balaban J connectivity index is 0.000000445. The van der Waals surface area contributed by atoms with Gasteiger partial charge in [-0.2, -0.15) is 0 Å². The highest BCUT2D eigenvalue weighted by molar-refractivity contribution is 5.91. The van der Waals surface area contributed by atoms with E-state index in [2.05, 4.69) is 9.72 Å². The zero-order chi connectivity index (χ0) is 25.8. The Kier molecular flexibility index (Phi) is 11.9. The molecule has 12 nitrogen and oxygen atoms in total. The molecule has 0 spiro atoms. The van der Waals surface area contributed by atoms with E-state index in [1.165, 1.54) is 0 Å². The molecular formula is C22H33N5O7. The number of nitrogens with one attached hydrogen (secondary N) is 1. The number of carboxylic acids is 1. The minimum atomic E-state index is -1.21. The van der Waals surface area contributed by atoms with Crippen LogP contribution in [0.25, 0.3) is 10.9 Å². The van der Waals surface area contributed by atoms with E-state index in [9.17, 15) is 19.2 Å². The van der Waals surface area contributed by atoms with Gasteiger partial charge in [-0.25, -0.2) is 9.59 Å². The van der Waals surface area contributed by atoms with E-state index in [1.54, 1.807) is 0 Å². The van der Waals surface area contributed by atoms with Crippen molar-refractivity contribution in [3.05, 3.63) is 36.0 Å². The quantitative estimate of drug-likeness (QED) is 0.186. The lowest BCUT2D eigenvalue weighted by molar-refractivity contribution is -0.162. The molecule has 0 aliphatic heterocycles. The molecule has 0 saturated heterocycles. The number of hydrogen-bond acceptors (Lipinski definition) is 10. The maximum absolute atomic E-state index is 12.0. The van der Waals surface area contributed by atoms with Crippen molar-refractivity contribution in [3.63, 3.8) is 0 Å². The average molecular weight is 480 g/mol. The lowest BCUT2D eigenvalue weighted by Crippen LogP contribution is -2.41. The summed E-state index contributed by atoms with van der Waals surface area (Å²) in [6, 6.07) is 4.83. The Morgan fingerprint density at radius 3 is 2.21 bits per heavy atom. The highest BCUT2D eigenvalue weighted by Crippen LogP contribution is 2.19. The van der Waals surface area contributed by atoms with Crippen LogP contribution in [0.15, 0.2) is 30.5 Å². The molecule has 0 fully saturated rings. The number of fused-ring (bicyclic) bond motifs is 1. The summed E-state index contributed by atoms with van der Waals surface area (Å²) in [6.45, 7) is 3.27. The molecule has 3 atom stereocenters. The molecular weight excluding hydrogens is 446 g/mol. The number of aliphatic carboxylic acids is 1. The Hall–Kier alpha value is -3.32. The maximum atomic E-state index is 12.0. The van der Waals surface area contributed by atoms with Crippen molar-refractivity contribution >= 4 is 34.8 Å². The summed E-state index contributed by atoms with van der Waals surface area (Å²) < 4.78 is 9.14. The summed E-state index contributed by atoms with van der Waals surface area (Å²) in [6.07, 6.45) is 2.56. The number of rotatable bonds is 10. The van der Waals surface area contributed by atoms with Gasteiger partial charge in [0.2, 0.25) is 0 Å². The van der Waals surface area contributed by atoms with Gasteiger partial charge in [-0.05, 0) is 24.0 Å². The van der Waals surface area contributed by atoms with Gasteiger partial charge in [0.05, 0.1) is 6.54 Å². The number of hydrogen-bond donors (Lipinski definition) is 6. The van der Waals surface area contributed by atoms with Crippen molar-refractivity contribution in [2.24, 2.45) is 28.9 Å². The van der Waals surface area contributed by atoms with Crippen LogP contribution in [-0.4, -0.2) is 65.2 Å². The highest BCUT2D eigenvalue weighted by atomic mass is 16.6. The molecule has 1 aromatic carbocycles. The second-order valence-corrected chi connectivity index (χ2v) is 7.98. The van der Waals surface area contributed by atoms with Gasteiger partial charge >= 0.3 is 23.9 Å². The minimum absolute atomic E-state index is 0.243. The number of ether oxygens (including phenoxy) is 2. The van der Waals surface area contributed by atoms with Crippen LogP contribution in [0.3, 0.4) is 0 Å². The molecule has 0 aliphatic carbocycles. The molecule has 34 heavy (non-hydrogen) atoms. The molecule has 1 aromatic heterocycles. The number of para-hydroxylation sites is 1. The Morgan fingerprint density at radius 2 is 1.62 bits per heavy atom. The fourth-order valence-corrected chi connectivity index (χ4v) is 2.79. The SMILES string of the molecule is CC(C)C[C@H](N)C(=O)OC(=O)[C@@H](N)Cc1c[nH]c2ccccc12.NCC(=O)OC[C@H](N)C(=O)O. The number of carbonyl (C=O) groups is 4. The lowest BCUT2D eigenvalue weighted by atomic mass is 10.0. The number of H-pyrrole nitrogens is 1. The van der Waals surface area contributed by atoms with E-state index in [-0.39, 0.29) is 25.5 Å². The first-order chi connectivity index (χ1) is 16.0. The monoisotopic (exact) mass is 479 g/mol. The molecule has 2 aromatic rings. The van der Waals surface area contributed by atoms with Crippen LogP contribution < -0.4 is 22.9 Å². The number of aromatic amines is 1. The summed E-state index contributed by atoms with van der Waals surface area (Å²) in [5, 5.41) is 9.22. The van der Waals surface area contributed by atoms with E-state index < -0.39 is 42.0 Å². The van der Waals surface area contributed by atoms with Gasteiger partial charge in [0.1, 0.15) is 24.7 Å². The molecule has 0 radical (unpaired) electrons. The van der Waals surface area contributed by atoms with Crippen molar-refractivity contribution in [1.82, 2.24) is 4.98 Å². The van der Waals surface area contributed by atoms with Crippen molar-refractivity contribution in [2.45, 2.75) is 44.8 Å². The van der Waals surface area contributed by atoms with Crippen molar-refractivity contribution in [3.8, 4) is 0 Å². The summed E-state index contributed by atoms with van der Waals surface area (Å²) in [5.74, 6) is -3.11. The second-order valence-electron chi connectivity index (χ2n) is 7.98. The average Bonchev–Trinajstić information content (AvgIpc) is 3.19. The molecule has 1 heterocycles. The zero-order valence-corrected chi connectivity index (χ0v) is 19.2. The Morgan fingerprint density at radius 1 is 1.00 bits per heavy atom. The van der Waals surface area contributed by atoms with Crippen LogP contribution in [0.4, 0.5) is 0 Å². The van der Waals surface area contributed by atoms with Crippen molar-refractivity contribution < 1.29 is 33.8 Å². The molecule has 0 saturated carbocycles. The van der Waals surface area contributed by atoms with Crippen LogP contribution in [0.2, 0.25) is 0 Å². The largest absolute Gasteiger partial charge is 0.480 e. The molecule has 12 heteroatoms. The Labute approximate surface area is 196 Å². The van der Waals surface area contributed by atoms with E-state index >= 15 is 0 Å². The smallest absolute Gasteiger partial charge is 0.330 e. The van der Waals surface area contributed by atoms with Gasteiger partial charge in [-0.1, -0.05) is 32.0 Å². The van der Waals surface area contributed by atoms with Gasteiger partial charge in [0.25, 0.3) is 0 Å². The predicted octanol–water partition coefficient (Wildman–Crippen LogP) is -0.619. The third-order valence-corrected chi connectivity index (χ3v) is 4.55. The molecule has 0 aliphatic rings. The van der Waals surface area contributed by atoms with E-state index in [0.717, 1.165) is 16.5 Å². The van der Waals surface area contributed by atoms with Crippen LogP contribution in [-0.2, 0) is 35.1 Å². The van der Waals surface area contributed by atoms with E-state index in [0.29, 0.717) is 6.42 Å². The van der Waals surface area contributed by atoms with Crippen LogP contribution in [0, 0.1) is 5.92 Å². The number of esters is 3. The number of carbonyl (C=O) groups excluding carboxylic acids is 3. The first kappa shape index (κ1) is 28.7. The maximum Gasteiger partial charge on any atom is 0.330 e. The lowest BCUT2D eigenvalue weighted by Gasteiger charge is -2.14. The van der Waals surface area contributed by atoms with Gasteiger partial charge in [0.15, 0.2) is 0 Å². The van der Waals surface area contributed by atoms with Crippen molar-refractivity contribution in [2.75, 3.05) is 13.2 Å². The summed E-state index contributed by atoms with van der Waals surface area (Å²) in [4.78, 5) is 47.3. The third-order valence-electron chi connectivity index (χ3n) is 4.55. The number of benzene rings is 1. The first-order valence-electron chi connectivity index (χ1n) is 10.6. The third kappa shape index (κ3) is 9.67. The molecule has 2 rings (SSSR count). The minimum Gasteiger partial charge on any atom is -0.480 e. The fraction of sp³-hybridized carbons (Fsp3) is 0.455. The van der Waals surface area contributed by atoms with Crippen LogP contribution in [0.1, 0.15) is 25.8 Å². The topological polar surface area (TPSA) is 227 Å². The summed E-state index contributed by atoms with van der Waals surface area (Å²) >= 11 is 0. The van der Waals surface area contributed by atoms with Gasteiger partial charge < -0.3 is 42.5 Å². The number of aromatic nitrogens is 1. The highest BCUT2D eigenvalue weighted by Gasteiger charge is 2.24. The number of carboxylic acid groups (broad SMARTS) is 1. The second kappa shape index (κ2) is 14.1. The summed E-state index contributed by atoms with van der Waals surface area (Å²) in [7, 11) is 0. The first-order valence-corrected chi connectivity index (χ1v) is 10.6. The predicted molar refractivity (Wildman–Crippen MR) is 124 cm³/mol. The molecule has 0 amide bonds. The molecule has 10 N–H and O–H groups in total. The zero-order valence-electron chi connectivity index (χ0n) is 19.2. The molecule has 0 unspecified atom stereocenters. The van der Waals surface area contributed by atoms with Gasteiger partial charge in [-0.3, -0.25) is 9.59 Å². The molecule has 0 bridgehead atoms.